The molecule has 3 aromatic rings. The van der Waals surface area contributed by atoms with Crippen LogP contribution in [0.3, 0.4) is 0 Å². The molecule has 0 aliphatic carbocycles. The van der Waals surface area contributed by atoms with Gasteiger partial charge in [-0.3, -0.25) is 14.5 Å². The normalized spacial score (nSPS) is 13.9. The van der Waals surface area contributed by atoms with E-state index in [0.29, 0.717) is 24.2 Å². The molecule has 6 heteroatoms. The maximum atomic E-state index is 13.5. The zero-order valence-electron chi connectivity index (χ0n) is 18.0. The van der Waals surface area contributed by atoms with Crippen LogP contribution in [0.25, 0.3) is 21.5 Å². The fourth-order valence-electron chi connectivity index (χ4n) is 4.02. The molecule has 1 heterocycles. The average Bonchev–Trinajstić information content (AvgIpc) is 2.70. The van der Waals surface area contributed by atoms with E-state index >= 15 is 0 Å². The van der Waals surface area contributed by atoms with Crippen LogP contribution in [0.2, 0.25) is 0 Å². The van der Waals surface area contributed by atoms with Gasteiger partial charge in [0.1, 0.15) is 0 Å². The van der Waals surface area contributed by atoms with E-state index < -0.39 is 0 Å². The van der Waals surface area contributed by atoms with Crippen molar-refractivity contribution in [3.8, 4) is 0 Å². The van der Waals surface area contributed by atoms with E-state index in [9.17, 15) is 9.59 Å². The van der Waals surface area contributed by atoms with Gasteiger partial charge in [-0.2, -0.15) is 0 Å². The van der Waals surface area contributed by atoms with Gasteiger partial charge in [0.05, 0.1) is 5.56 Å². The minimum Gasteiger partial charge on any atom is -0.383 e. The summed E-state index contributed by atoms with van der Waals surface area (Å²) in [5.74, 6) is -0.420. The number of rotatable bonds is 7. The third kappa shape index (κ3) is 3.53. The first-order valence-corrected chi connectivity index (χ1v) is 10.3. The lowest BCUT2D eigenvalue weighted by atomic mass is 9.88. The van der Waals surface area contributed by atoms with Crippen LogP contribution >= 0.6 is 0 Å². The van der Waals surface area contributed by atoms with Crippen LogP contribution in [0, 0.1) is 0 Å². The van der Waals surface area contributed by atoms with Crippen molar-refractivity contribution in [2.24, 2.45) is 0 Å². The van der Waals surface area contributed by atoms with Crippen molar-refractivity contribution in [2.45, 2.75) is 0 Å². The van der Waals surface area contributed by atoms with Crippen molar-refractivity contribution in [3.05, 3.63) is 53.6 Å². The molecule has 1 aliphatic rings. The molecular weight excluding hydrogens is 376 g/mol. The number of anilines is 1. The first-order chi connectivity index (χ1) is 14.4. The summed E-state index contributed by atoms with van der Waals surface area (Å²) in [6.45, 7) is 2.67. The molecule has 0 bridgehead atoms. The van der Waals surface area contributed by atoms with Crippen LogP contribution in [0.15, 0.2) is 42.5 Å². The number of benzene rings is 3. The van der Waals surface area contributed by atoms with E-state index in [1.165, 1.54) is 4.90 Å². The quantitative estimate of drug-likeness (QED) is 0.484. The monoisotopic (exact) mass is 404 g/mol. The third-order valence-corrected chi connectivity index (χ3v) is 5.61. The second-order valence-electron chi connectivity index (χ2n) is 8.35. The molecule has 1 N–H and O–H groups in total. The number of carbonyl (C=O) groups is 2. The third-order valence-electron chi connectivity index (χ3n) is 5.61. The van der Waals surface area contributed by atoms with Gasteiger partial charge >= 0.3 is 0 Å². The minimum atomic E-state index is -0.213. The molecule has 0 fully saturated rings. The highest BCUT2D eigenvalue weighted by atomic mass is 16.2. The molecule has 0 saturated carbocycles. The molecule has 3 aromatic carbocycles. The maximum Gasteiger partial charge on any atom is 0.262 e. The van der Waals surface area contributed by atoms with Gasteiger partial charge in [0.15, 0.2) is 0 Å². The van der Waals surface area contributed by atoms with Gasteiger partial charge in [-0.05, 0) is 57.2 Å². The molecule has 0 spiro atoms. The lowest BCUT2D eigenvalue weighted by molar-refractivity contribution is 0.0602. The molecular formula is C24H28N4O2. The highest BCUT2D eigenvalue weighted by Gasteiger charge is 2.34. The number of hydrogen-bond donors (Lipinski definition) is 1. The SMILES string of the molecule is CN(C)CCNc1ccc2c3c(c4ccccc4cc13)C(=O)N(CCN(C)C)C2=O. The Labute approximate surface area is 177 Å². The molecule has 0 atom stereocenters. The fourth-order valence-corrected chi connectivity index (χ4v) is 4.02. The van der Waals surface area contributed by atoms with Gasteiger partial charge in [-0.25, -0.2) is 0 Å². The second kappa shape index (κ2) is 8.05. The van der Waals surface area contributed by atoms with E-state index in [4.69, 9.17) is 0 Å². The lowest BCUT2D eigenvalue weighted by Crippen LogP contribution is -2.43. The van der Waals surface area contributed by atoms with E-state index in [-0.39, 0.29) is 11.8 Å². The summed E-state index contributed by atoms with van der Waals surface area (Å²) >= 11 is 0. The van der Waals surface area contributed by atoms with Crippen molar-refractivity contribution in [1.82, 2.24) is 14.7 Å². The average molecular weight is 405 g/mol. The van der Waals surface area contributed by atoms with Gasteiger partial charge in [0, 0.05) is 48.2 Å². The summed E-state index contributed by atoms with van der Waals surface area (Å²) in [5, 5.41) is 7.07. The Kier molecular flexibility index (Phi) is 5.45. The minimum absolute atomic E-state index is 0.207. The van der Waals surface area contributed by atoms with Crippen molar-refractivity contribution < 1.29 is 9.59 Å². The molecule has 0 aromatic heterocycles. The number of hydrogen-bond acceptors (Lipinski definition) is 5. The largest absolute Gasteiger partial charge is 0.383 e. The van der Waals surface area contributed by atoms with Gasteiger partial charge in [-0.1, -0.05) is 24.3 Å². The smallest absolute Gasteiger partial charge is 0.262 e. The summed E-state index contributed by atoms with van der Waals surface area (Å²) < 4.78 is 0. The van der Waals surface area contributed by atoms with Gasteiger partial charge in [0.2, 0.25) is 0 Å². The number of imide groups is 1. The summed E-state index contributed by atoms with van der Waals surface area (Å²) in [4.78, 5) is 32.2. The first-order valence-electron chi connectivity index (χ1n) is 10.3. The fraction of sp³-hybridized carbons (Fsp3) is 0.333. The lowest BCUT2D eigenvalue weighted by Gasteiger charge is -2.29. The van der Waals surface area contributed by atoms with Gasteiger partial charge in [0.25, 0.3) is 11.8 Å². The van der Waals surface area contributed by atoms with E-state index in [2.05, 4.69) is 16.3 Å². The number of carbonyl (C=O) groups excluding carboxylic acids is 2. The summed E-state index contributed by atoms with van der Waals surface area (Å²) in [7, 11) is 7.95. The summed E-state index contributed by atoms with van der Waals surface area (Å²) in [6.07, 6.45) is 0. The van der Waals surface area contributed by atoms with Crippen molar-refractivity contribution in [3.63, 3.8) is 0 Å². The van der Waals surface area contributed by atoms with Gasteiger partial charge < -0.3 is 15.1 Å². The highest BCUT2D eigenvalue weighted by molar-refractivity contribution is 6.31. The van der Waals surface area contributed by atoms with E-state index in [1.807, 2.05) is 69.5 Å². The number of likely N-dealkylation sites (N-methyl/N-ethyl adjacent to an activating group) is 2. The standard InChI is InChI=1S/C24H28N4O2/c1-26(2)12-11-25-20-10-9-18-21-19(20)15-16-7-5-6-8-17(16)22(21)24(30)28(23(18)29)14-13-27(3)4/h5-10,15,25H,11-14H2,1-4H3. The second-order valence-corrected chi connectivity index (χ2v) is 8.35. The topological polar surface area (TPSA) is 55.9 Å². The van der Waals surface area contributed by atoms with Crippen LogP contribution in [-0.4, -0.2) is 80.9 Å². The van der Waals surface area contributed by atoms with Crippen LogP contribution in [0.1, 0.15) is 20.7 Å². The number of amides is 2. The molecule has 1 aliphatic heterocycles. The zero-order chi connectivity index (χ0) is 21.4. The Morgan fingerprint density at radius 3 is 2.33 bits per heavy atom. The number of nitrogens with zero attached hydrogens (tertiary/aromatic N) is 3. The molecule has 0 radical (unpaired) electrons. The Bertz CT molecular complexity index is 1140. The molecule has 0 unspecified atom stereocenters. The maximum absolute atomic E-state index is 13.5. The van der Waals surface area contributed by atoms with Crippen molar-refractivity contribution in [2.75, 3.05) is 59.7 Å². The van der Waals surface area contributed by atoms with Crippen LogP contribution < -0.4 is 5.32 Å². The van der Waals surface area contributed by atoms with Crippen LogP contribution in [-0.2, 0) is 0 Å². The Balaban J connectivity index is 1.91. The molecule has 6 nitrogen and oxygen atoms in total. The van der Waals surface area contributed by atoms with E-state index in [0.717, 1.165) is 40.3 Å². The molecule has 0 saturated heterocycles. The van der Waals surface area contributed by atoms with E-state index in [1.54, 1.807) is 0 Å². The molecule has 4 rings (SSSR count). The Morgan fingerprint density at radius 2 is 1.60 bits per heavy atom. The van der Waals surface area contributed by atoms with Crippen molar-refractivity contribution in [1.29, 1.82) is 0 Å². The predicted molar refractivity (Wildman–Crippen MR) is 122 cm³/mol. The van der Waals surface area contributed by atoms with Gasteiger partial charge in [-0.15, -0.1) is 0 Å². The number of nitrogens with one attached hydrogen (secondary N) is 1. The number of fused-ring (bicyclic) bond motifs is 2. The Hall–Kier alpha value is -2.96. The summed E-state index contributed by atoms with van der Waals surface area (Å²) in [5.41, 5.74) is 2.18. The van der Waals surface area contributed by atoms with Crippen molar-refractivity contribution >= 4 is 39.0 Å². The zero-order valence-corrected chi connectivity index (χ0v) is 18.0. The first kappa shape index (κ1) is 20.3. The Morgan fingerprint density at radius 1 is 0.867 bits per heavy atom. The summed E-state index contributed by atoms with van der Waals surface area (Å²) in [6, 6.07) is 13.8. The highest BCUT2D eigenvalue weighted by Crippen LogP contribution is 2.39. The molecule has 30 heavy (non-hydrogen) atoms. The predicted octanol–water partition coefficient (Wildman–Crippen LogP) is 3.12. The molecule has 2 amide bonds. The molecule has 156 valence electrons. The van der Waals surface area contributed by atoms with Crippen LogP contribution in [0.4, 0.5) is 5.69 Å². The van der Waals surface area contributed by atoms with Crippen LogP contribution in [0.5, 0.6) is 0 Å².